The van der Waals surface area contributed by atoms with Gasteiger partial charge in [0.05, 0.1) is 0 Å². The molecule has 0 atom stereocenters. The third-order valence-corrected chi connectivity index (χ3v) is 6.32. The van der Waals surface area contributed by atoms with Crippen molar-refractivity contribution in [3.63, 3.8) is 0 Å². The number of nitrogens with one attached hydrogen (secondary N) is 2. The summed E-state index contributed by atoms with van der Waals surface area (Å²) in [5.74, 6) is -0.0278. The number of carbonyl (C=O) groups is 3. The molecule has 3 fully saturated rings. The Kier molecular flexibility index (Phi) is 5.33. The SMILES string of the molecule is Cc1cc(C(=O)N(Cc2ccc(C(=O)NC3CC3)cc2)C2CC2)ccc1N1CCNC1=O. The van der Waals surface area contributed by atoms with Crippen molar-refractivity contribution in [2.75, 3.05) is 18.0 Å². The molecule has 2 aromatic rings. The summed E-state index contributed by atoms with van der Waals surface area (Å²) < 4.78 is 0. The van der Waals surface area contributed by atoms with E-state index in [4.69, 9.17) is 0 Å². The van der Waals surface area contributed by atoms with E-state index in [9.17, 15) is 14.4 Å². The summed E-state index contributed by atoms with van der Waals surface area (Å²) in [6, 6.07) is 13.6. The van der Waals surface area contributed by atoms with Gasteiger partial charge in [0.15, 0.2) is 0 Å². The molecule has 1 saturated heterocycles. The molecule has 1 heterocycles. The monoisotopic (exact) mass is 432 g/mol. The van der Waals surface area contributed by atoms with Crippen LogP contribution in [0, 0.1) is 6.92 Å². The smallest absolute Gasteiger partial charge is 0.322 e. The summed E-state index contributed by atoms with van der Waals surface area (Å²) in [4.78, 5) is 41.2. The molecule has 0 radical (unpaired) electrons. The Morgan fingerprint density at radius 2 is 1.78 bits per heavy atom. The maximum Gasteiger partial charge on any atom is 0.322 e. The van der Waals surface area contributed by atoms with Crippen LogP contribution in [0.2, 0.25) is 0 Å². The van der Waals surface area contributed by atoms with Gasteiger partial charge in [0.2, 0.25) is 0 Å². The van der Waals surface area contributed by atoms with Gasteiger partial charge in [0.1, 0.15) is 0 Å². The van der Waals surface area contributed by atoms with E-state index < -0.39 is 0 Å². The van der Waals surface area contributed by atoms with E-state index in [1.807, 2.05) is 54.3 Å². The zero-order valence-electron chi connectivity index (χ0n) is 18.3. The highest BCUT2D eigenvalue weighted by Crippen LogP contribution is 2.31. The highest BCUT2D eigenvalue weighted by molar-refractivity contribution is 5.98. The topological polar surface area (TPSA) is 81.8 Å². The number of carbonyl (C=O) groups excluding carboxylic acids is 3. The van der Waals surface area contributed by atoms with Gasteiger partial charge in [-0.2, -0.15) is 0 Å². The van der Waals surface area contributed by atoms with Crippen molar-refractivity contribution in [2.45, 2.75) is 51.2 Å². The first-order chi connectivity index (χ1) is 15.5. The van der Waals surface area contributed by atoms with E-state index in [0.29, 0.717) is 36.8 Å². The Bertz CT molecular complexity index is 1060. The average molecular weight is 433 g/mol. The molecular weight excluding hydrogens is 404 g/mol. The summed E-state index contributed by atoms with van der Waals surface area (Å²) in [7, 11) is 0. The van der Waals surface area contributed by atoms with Gasteiger partial charge in [-0.1, -0.05) is 12.1 Å². The van der Waals surface area contributed by atoms with Gasteiger partial charge in [-0.05, 0) is 74.1 Å². The molecule has 5 rings (SSSR count). The Morgan fingerprint density at radius 1 is 1.06 bits per heavy atom. The van der Waals surface area contributed by atoms with Gasteiger partial charge in [0, 0.05) is 48.5 Å². The number of nitrogens with zero attached hydrogens (tertiary/aromatic N) is 2. The predicted octanol–water partition coefficient (Wildman–Crippen LogP) is 3.22. The molecule has 2 N–H and O–H groups in total. The van der Waals surface area contributed by atoms with Crippen molar-refractivity contribution in [1.29, 1.82) is 0 Å². The van der Waals surface area contributed by atoms with Crippen molar-refractivity contribution < 1.29 is 14.4 Å². The highest BCUT2D eigenvalue weighted by Gasteiger charge is 2.33. The fraction of sp³-hybridized carbons (Fsp3) is 0.400. The lowest BCUT2D eigenvalue weighted by Gasteiger charge is -2.24. The zero-order valence-corrected chi connectivity index (χ0v) is 18.3. The fourth-order valence-corrected chi connectivity index (χ4v) is 4.17. The molecule has 0 spiro atoms. The van der Waals surface area contributed by atoms with E-state index in [1.54, 1.807) is 4.90 Å². The van der Waals surface area contributed by atoms with E-state index in [1.165, 1.54) is 0 Å². The molecule has 1 aliphatic heterocycles. The Labute approximate surface area is 187 Å². The minimum absolute atomic E-state index is 0.00331. The maximum atomic E-state index is 13.4. The molecule has 2 aromatic carbocycles. The number of hydrogen-bond acceptors (Lipinski definition) is 3. The van der Waals surface area contributed by atoms with Crippen LogP contribution in [0.3, 0.4) is 0 Å². The van der Waals surface area contributed by atoms with Crippen LogP contribution in [0.1, 0.15) is 57.5 Å². The van der Waals surface area contributed by atoms with E-state index in [2.05, 4.69) is 10.6 Å². The van der Waals surface area contributed by atoms with Crippen LogP contribution in [0.4, 0.5) is 10.5 Å². The van der Waals surface area contributed by atoms with Crippen molar-refractivity contribution in [3.05, 3.63) is 64.7 Å². The van der Waals surface area contributed by atoms with Crippen molar-refractivity contribution in [2.24, 2.45) is 0 Å². The molecule has 3 aliphatic rings. The minimum Gasteiger partial charge on any atom is -0.349 e. The van der Waals surface area contributed by atoms with Crippen molar-refractivity contribution >= 4 is 23.5 Å². The van der Waals surface area contributed by atoms with Crippen molar-refractivity contribution in [3.8, 4) is 0 Å². The third-order valence-electron chi connectivity index (χ3n) is 6.32. The van der Waals surface area contributed by atoms with Crippen LogP contribution in [0.15, 0.2) is 42.5 Å². The van der Waals surface area contributed by atoms with E-state index in [0.717, 1.165) is 42.5 Å². The number of anilines is 1. The number of hydrogen-bond donors (Lipinski definition) is 2. The van der Waals surface area contributed by atoms with E-state index in [-0.39, 0.29) is 23.9 Å². The molecule has 166 valence electrons. The largest absolute Gasteiger partial charge is 0.349 e. The van der Waals surface area contributed by atoms with E-state index >= 15 is 0 Å². The number of benzene rings is 2. The molecule has 7 nitrogen and oxygen atoms in total. The Morgan fingerprint density at radius 3 is 2.38 bits per heavy atom. The van der Waals surface area contributed by atoms with Gasteiger partial charge < -0.3 is 15.5 Å². The number of rotatable bonds is 7. The second-order valence-electron chi connectivity index (χ2n) is 8.99. The number of urea groups is 1. The Hall–Kier alpha value is -3.35. The quantitative estimate of drug-likeness (QED) is 0.705. The van der Waals surface area contributed by atoms with Crippen LogP contribution in [-0.4, -0.2) is 47.9 Å². The molecule has 7 heteroatoms. The summed E-state index contributed by atoms with van der Waals surface area (Å²) in [5.41, 5.74) is 4.06. The lowest BCUT2D eigenvalue weighted by molar-refractivity contribution is 0.0729. The maximum absolute atomic E-state index is 13.4. The van der Waals surface area contributed by atoms with Gasteiger partial charge in [-0.25, -0.2) is 4.79 Å². The lowest BCUT2D eigenvalue weighted by atomic mass is 10.1. The van der Waals surface area contributed by atoms with Crippen LogP contribution >= 0.6 is 0 Å². The van der Waals surface area contributed by atoms with Gasteiger partial charge in [-0.3, -0.25) is 14.5 Å². The standard InChI is InChI=1S/C25H28N4O3/c1-16-14-19(6-11-22(16)28-13-12-26-25(28)32)24(31)29(21-9-10-21)15-17-2-4-18(5-3-17)23(30)27-20-7-8-20/h2-6,11,14,20-21H,7-10,12-13,15H2,1H3,(H,26,32)(H,27,30). The summed E-state index contributed by atoms with van der Waals surface area (Å²) in [5, 5.41) is 5.81. The van der Waals surface area contributed by atoms with Crippen molar-refractivity contribution in [1.82, 2.24) is 15.5 Å². The summed E-state index contributed by atoms with van der Waals surface area (Å²) in [6.45, 7) is 3.72. The zero-order chi connectivity index (χ0) is 22.2. The third kappa shape index (κ3) is 4.33. The number of aryl methyl sites for hydroxylation is 1. The van der Waals surface area contributed by atoms with Crippen LogP contribution in [-0.2, 0) is 6.54 Å². The lowest BCUT2D eigenvalue weighted by Crippen LogP contribution is -2.33. The van der Waals surface area contributed by atoms with Gasteiger partial charge in [-0.15, -0.1) is 0 Å². The first kappa shape index (κ1) is 20.5. The second-order valence-corrected chi connectivity index (χ2v) is 8.99. The second kappa shape index (κ2) is 8.30. The predicted molar refractivity (Wildman–Crippen MR) is 122 cm³/mol. The van der Waals surface area contributed by atoms with Gasteiger partial charge in [0.25, 0.3) is 11.8 Å². The molecule has 0 aromatic heterocycles. The fourth-order valence-electron chi connectivity index (χ4n) is 4.17. The Balaban J connectivity index is 1.29. The molecule has 2 aliphatic carbocycles. The molecule has 4 amide bonds. The van der Waals surface area contributed by atoms with Crippen LogP contribution < -0.4 is 15.5 Å². The van der Waals surface area contributed by atoms with Crippen LogP contribution in [0.5, 0.6) is 0 Å². The minimum atomic E-state index is -0.0963. The molecule has 0 unspecified atom stereocenters. The summed E-state index contributed by atoms with van der Waals surface area (Å²) in [6.07, 6.45) is 4.15. The first-order valence-electron chi connectivity index (χ1n) is 11.4. The van der Waals surface area contributed by atoms with Gasteiger partial charge >= 0.3 is 6.03 Å². The molecule has 0 bridgehead atoms. The normalized spacial score (nSPS) is 17.8. The average Bonchev–Trinajstić information content (AvgIpc) is 3.72. The molecular formula is C25H28N4O3. The highest BCUT2D eigenvalue weighted by atomic mass is 16.2. The molecule has 2 saturated carbocycles. The molecule has 32 heavy (non-hydrogen) atoms. The van der Waals surface area contributed by atoms with Crippen LogP contribution in [0.25, 0.3) is 0 Å². The number of amides is 4. The first-order valence-corrected chi connectivity index (χ1v) is 11.4. The summed E-state index contributed by atoms with van der Waals surface area (Å²) >= 11 is 0.